The van der Waals surface area contributed by atoms with Gasteiger partial charge in [-0.25, -0.2) is 0 Å². The van der Waals surface area contributed by atoms with Crippen LogP contribution in [0.5, 0.6) is 5.75 Å². The molecule has 0 unspecified atom stereocenters. The van der Waals surface area contributed by atoms with Gasteiger partial charge in [0.1, 0.15) is 5.75 Å². The summed E-state index contributed by atoms with van der Waals surface area (Å²) in [7, 11) is 1.64. The summed E-state index contributed by atoms with van der Waals surface area (Å²) in [5.41, 5.74) is 6.90. The molecule has 0 spiro atoms. The summed E-state index contributed by atoms with van der Waals surface area (Å²) in [6.07, 6.45) is 0.679. The number of carbonyl (C=O) groups is 1. The molecular formula is C18H25ClN2O2. The minimum atomic E-state index is -0.471. The van der Waals surface area contributed by atoms with E-state index in [-0.39, 0.29) is 18.3 Å². The summed E-state index contributed by atoms with van der Waals surface area (Å²) in [5.74, 6) is 1.05. The molecule has 1 amide bonds. The van der Waals surface area contributed by atoms with Gasteiger partial charge >= 0.3 is 0 Å². The first-order chi connectivity index (χ1) is 10.5. The molecule has 0 saturated carbocycles. The van der Waals surface area contributed by atoms with Crippen LogP contribution in [-0.2, 0) is 11.3 Å². The van der Waals surface area contributed by atoms with E-state index < -0.39 is 6.04 Å². The number of nitrogens with two attached hydrogens (primary N) is 1. The lowest BCUT2D eigenvalue weighted by Crippen LogP contribution is -2.41. The highest BCUT2D eigenvalue weighted by molar-refractivity contribution is 5.88. The van der Waals surface area contributed by atoms with Crippen molar-refractivity contribution in [3.63, 3.8) is 0 Å². The fourth-order valence-corrected chi connectivity index (χ4v) is 2.61. The van der Waals surface area contributed by atoms with E-state index in [0.717, 1.165) is 22.1 Å². The Morgan fingerprint density at radius 2 is 1.91 bits per heavy atom. The number of nitrogens with one attached hydrogen (secondary N) is 1. The van der Waals surface area contributed by atoms with Crippen molar-refractivity contribution in [1.82, 2.24) is 5.32 Å². The fraction of sp³-hybridized carbons (Fsp3) is 0.389. The van der Waals surface area contributed by atoms with Crippen molar-refractivity contribution in [3.8, 4) is 5.75 Å². The number of fused-ring (bicyclic) bond motifs is 1. The van der Waals surface area contributed by atoms with Crippen LogP contribution in [0.1, 0.15) is 25.8 Å². The van der Waals surface area contributed by atoms with Crippen LogP contribution in [0.15, 0.2) is 36.4 Å². The van der Waals surface area contributed by atoms with Crippen molar-refractivity contribution in [2.24, 2.45) is 11.7 Å². The fourth-order valence-electron chi connectivity index (χ4n) is 2.61. The Kier molecular flexibility index (Phi) is 7.33. The number of hydrogen-bond donors (Lipinski definition) is 2. The number of hydrogen-bond acceptors (Lipinski definition) is 3. The molecule has 126 valence electrons. The molecule has 3 N–H and O–H groups in total. The molecule has 0 aromatic heterocycles. The quantitative estimate of drug-likeness (QED) is 0.851. The molecule has 0 heterocycles. The minimum absolute atomic E-state index is 0. The zero-order chi connectivity index (χ0) is 16.1. The van der Waals surface area contributed by atoms with Crippen molar-refractivity contribution >= 4 is 29.1 Å². The van der Waals surface area contributed by atoms with Crippen molar-refractivity contribution < 1.29 is 9.53 Å². The van der Waals surface area contributed by atoms with Gasteiger partial charge in [0.2, 0.25) is 5.91 Å². The Morgan fingerprint density at radius 3 is 2.57 bits per heavy atom. The van der Waals surface area contributed by atoms with Crippen LogP contribution >= 0.6 is 12.4 Å². The van der Waals surface area contributed by atoms with Crippen molar-refractivity contribution in [1.29, 1.82) is 0 Å². The lowest BCUT2D eigenvalue weighted by molar-refractivity contribution is -0.122. The van der Waals surface area contributed by atoms with Crippen molar-refractivity contribution in [2.45, 2.75) is 32.9 Å². The molecule has 2 aromatic carbocycles. The van der Waals surface area contributed by atoms with E-state index in [0.29, 0.717) is 18.9 Å². The average molecular weight is 337 g/mol. The summed E-state index contributed by atoms with van der Waals surface area (Å²) >= 11 is 0. The molecule has 0 radical (unpaired) electrons. The highest BCUT2D eigenvalue weighted by atomic mass is 35.5. The molecule has 0 aliphatic heterocycles. The topological polar surface area (TPSA) is 64.3 Å². The van der Waals surface area contributed by atoms with E-state index in [1.807, 2.05) is 36.4 Å². The van der Waals surface area contributed by atoms with E-state index in [1.54, 1.807) is 7.11 Å². The first-order valence-electron chi connectivity index (χ1n) is 7.60. The SMILES string of the molecule is COc1ccc2ccccc2c1CNC(=O)[C@@H](N)CC(C)C.Cl. The van der Waals surface area contributed by atoms with Crippen LogP contribution in [0.2, 0.25) is 0 Å². The van der Waals surface area contributed by atoms with Gasteiger partial charge in [0.25, 0.3) is 0 Å². The summed E-state index contributed by atoms with van der Waals surface area (Å²) in [4.78, 5) is 12.1. The largest absolute Gasteiger partial charge is 0.496 e. The average Bonchev–Trinajstić information content (AvgIpc) is 2.51. The standard InChI is InChI=1S/C18H24N2O2.ClH/c1-12(2)10-16(19)18(21)20-11-15-14-7-5-4-6-13(14)8-9-17(15)22-3;/h4-9,12,16H,10-11,19H2,1-3H3,(H,20,21);1H/t16-;/m0./s1. The van der Waals surface area contributed by atoms with E-state index in [2.05, 4.69) is 19.2 Å². The van der Waals surface area contributed by atoms with Gasteiger partial charge in [0.05, 0.1) is 13.2 Å². The number of rotatable bonds is 6. The molecular weight excluding hydrogens is 312 g/mol. The smallest absolute Gasteiger partial charge is 0.237 e. The molecule has 2 rings (SSSR count). The lowest BCUT2D eigenvalue weighted by atomic mass is 10.0. The first kappa shape index (κ1) is 19.3. The number of benzene rings is 2. The number of ether oxygens (including phenoxy) is 1. The molecule has 0 bridgehead atoms. The van der Waals surface area contributed by atoms with Gasteiger partial charge in [-0.3, -0.25) is 4.79 Å². The highest BCUT2D eigenvalue weighted by Gasteiger charge is 2.16. The lowest BCUT2D eigenvalue weighted by Gasteiger charge is -2.16. The number of amides is 1. The van der Waals surface area contributed by atoms with Crippen LogP contribution in [0, 0.1) is 5.92 Å². The Bertz CT molecular complexity index is 659. The van der Waals surface area contributed by atoms with Crippen LogP contribution in [0.4, 0.5) is 0 Å². The maximum atomic E-state index is 12.1. The number of carbonyl (C=O) groups excluding carboxylic acids is 1. The molecule has 0 aliphatic rings. The molecule has 23 heavy (non-hydrogen) atoms. The summed E-state index contributed by atoms with van der Waals surface area (Å²) in [5, 5.41) is 5.13. The summed E-state index contributed by atoms with van der Waals surface area (Å²) in [6.45, 7) is 4.52. The summed E-state index contributed by atoms with van der Waals surface area (Å²) in [6, 6.07) is 11.5. The molecule has 4 nitrogen and oxygen atoms in total. The Hall–Kier alpha value is -1.78. The van der Waals surface area contributed by atoms with E-state index in [1.165, 1.54) is 0 Å². The molecule has 2 aromatic rings. The maximum absolute atomic E-state index is 12.1. The zero-order valence-electron chi connectivity index (χ0n) is 13.8. The molecule has 5 heteroatoms. The van der Waals surface area contributed by atoms with E-state index in [9.17, 15) is 4.79 Å². The van der Waals surface area contributed by atoms with E-state index >= 15 is 0 Å². The first-order valence-corrected chi connectivity index (χ1v) is 7.60. The van der Waals surface area contributed by atoms with Crippen LogP contribution in [0.25, 0.3) is 10.8 Å². The summed E-state index contributed by atoms with van der Waals surface area (Å²) < 4.78 is 5.43. The van der Waals surface area contributed by atoms with Gasteiger partial charge in [-0.05, 0) is 29.2 Å². The Morgan fingerprint density at radius 1 is 1.22 bits per heavy atom. The second-order valence-corrected chi connectivity index (χ2v) is 5.92. The zero-order valence-corrected chi connectivity index (χ0v) is 14.7. The molecule has 0 aliphatic carbocycles. The third-order valence-corrected chi connectivity index (χ3v) is 3.72. The number of methoxy groups -OCH3 is 1. The van der Waals surface area contributed by atoms with Crippen LogP contribution in [-0.4, -0.2) is 19.1 Å². The molecule has 0 saturated heterocycles. The highest BCUT2D eigenvalue weighted by Crippen LogP contribution is 2.27. The minimum Gasteiger partial charge on any atom is -0.496 e. The second kappa shape index (κ2) is 8.75. The number of halogens is 1. The van der Waals surface area contributed by atoms with Crippen LogP contribution < -0.4 is 15.8 Å². The van der Waals surface area contributed by atoms with Gasteiger partial charge in [-0.1, -0.05) is 44.2 Å². The third kappa shape index (κ3) is 4.85. The van der Waals surface area contributed by atoms with Gasteiger partial charge in [0, 0.05) is 12.1 Å². The molecule has 1 atom stereocenters. The van der Waals surface area contributed by atoms with Gasteiger partial charge in [-0.2, -0.15) is 0 Å². The van der Waals surface area contributed by atoms with E-state index in [4.69, 9.17) is 10.5 Å². The Balaban J connectivity index is 0.00000264. The maximum Gasteiger partial charge on any atom is 0.237 e. The van der Waals surface area contributed by atoms with Gasteiger partial charge in [-0.15, -0.1) is 12.4 Å². The molecule has 0 fully saturated rings. The second-order valence-electron chi connectivity index (χ2n) is 5.92. The third-order valence-electron chi connectivity index (χ3n) is 3.72. The Labute approximate surface area is 143 Å². The predicted octanol–water partition coefficient (Wildman–Crippen LogP) is 3.26. The predicted molar refractivity (Wildman–Crippen MR) is 97.0 cm³/mol. The van der Waals surface area contributed by atoms with Crippen molar-refractivity contribution in [2.75, 3.05) is 7.11 Å². The monoisotopic (exact) mass is 336 g/mol. The van der Waals surface area contributed by atoms with Gasteiger partial charge < -0.3 is 15.8 Å². The van der Waals surface area contributed by atoms with Crippen LogP contribution in [0.3, 0.4) is 0 Å². The normalized spacial score (nSPS) is 11.9. The van der Waals surface area contributed by atoms with Gasteiger partial charge in [0.15, 0.2) is 0 Å². The van der Waals surface area contributed by atoms with Crippen molar-refractivity contribution in [3.05, 3.63) is 42.0 Å².